The number of benzene rings is 1. The third kappa shape index (κ3) is 2.38. The van der Waals surface area contributed by atoms with E-state index in [2.05, 4.69) is 10.1 Å². The van der Waals surface area contributed by atoms with E-state index in [9.17, 15) is 18.3 Å². The minimum Gasteiger partial charge on any atom is -0.505 e. The van der Waals surface area contributed by atoms with Crippen LogP contribution in [-0.4, -0.2) is 40.8 Å². The zero-order chi connectivity index (χ0) is 16.8. The van der Waals surface area contributed by atoms with Gasteiger partial charge in [-0.3, -0.25) is 9.10 Å². The fourth-order valence-electron chi connectivity index (χ4n) is 2.31. The van der Waals surface area contributed by atoms with Gasteiger partial charge < -0.3 is 9.63 Å². The summed E-state index contributed by atoms with van der Waals surface area (Å²) in [7, 11) is -2.56. The van der Waals surface area contributed by atoms with E-state index >= 15 is 0 Å². The molecule has 0 saturated carbocycles. The zero-order valence-electron chi connectivity index (χ0n) is 12.3. The summed E-state index contributed by atoms with van der Waals surface area (Å²) in [6.45, 7) is 1.38. The molecule has 0 bridgehead atoms. The second-order valence-electron chi connectivity index (χ2n) is 5.06. The highest BCUT2D eigenvalue weighted by molar-refractivity contribution is 7.89. The minimum atomic E-state index is -3.84. The van der Waals surface area contributed by atoms with Crippen LogP contribution < -0.4 is 0 Å². The summed E-state index contributed by atoms with van der Waals surface area (Å²) >= 11 is 0. The van der Waals surface area contributed by atoms with E-state index in [4.69, 9.17) is 4.52 Å². The lowest BCUT2D eigenvalue weighted by molar-refractivity contribution is -0.116. The van der Waals surface area contributed by atoms with Crippen molar-refractivity contribution in [3.63, 3.8) is 0 Å². The first-order chi connectivity index (χ1) is 10.8. The van der Waals surface area contributed by atoms with Gasteiger partial charge in [0.05, 0.1) is 11.3 Å². The van der Waals surface area contributed by atoms with E-state index in [0.717, 1.165) is 4.31 Å². The number of Topliss-reactive ketones (excluding diaryl/α,β-unsaturated/α-hetero) is 1. The van der Waals surface area contributed by atoms with E-state index < -0.39 is 10.0 Å². The highest BCUT2D eigenvalue weighted by Gasteiger charge is 2.37. The Labute approximate surface area is 132 Å². The molecular weight excluding hydrogens is 322 g/mol. The topological polar surface area (TPSA) is 114 Å². The summed E-state index contributed by atoms with van der Waals surface area (Å²) < 4.78 is 31.0. The number of hydrogen-bond donors (Lipinski definition) is 1. The molecule has 0 unspecified atom stereocenters. The average Bonchev–Trinajstić information content (AvgIpc) is 2.93. The smallest absolute Gasteiger partial charge is 0.279 e. The van der Waals surface area contributed by atoms with E-state index in [-0.39, 0.29) is 45.8 Å². The van der Waals surface area contributed by atoms with Gasteiger partial charge in [-0.2, -0.15) is 4.98 Å². The van der Waals surface area contributed by atoms with Crippen LogP contribution in [0.5, 0.6) is 0 Å². The van der Waals surface area contributed by atoms with Gasteiger partial charge in [-0.1, -0.05) is 17.3 Å². The number of rotatable bonds is 3. The molecule has 0 radical (unpaired) electrons. The molecule has 1 aromatic carbocycles. The van der Waals surface area contributed by atoms with Gasteiger partial charge in [-0.25, -0.2) is 8.42 Å². The number of ketones is 1. The predicted molar refractivity (Wildman–Crippen MR) is 79.5 cm³/mol. The number of aliphatic hydroxyl groups excluding tert-OH is 1. The Kier molecular flexibility index (Phi) is 3.44. The van der Waals surface area contributed by atoms with Gasteiger partial charge in [0.2, 0.25) is 0 Å². The van der Waals surface area contributed by atoms with Crippen LogP contribution in [-0.2, 0) is 21.2 Å². The first kappa shape index (κ1) is 15.2. The average molecular weight is 335 g/mol. The highest BCUT2D eigenvalue weighted by atomic mass is 32.2. The minimum absolute atomic E-state index is 0.00720. The Balaban J connectivity index is 2.18. The number of nitrogens with zero attached hydrogens (tertiary/aromatic N) is 3. The van der Waals surface area contributed by atoms with Crippen molar-refractivity contribution in [2.75, 3.05) is 7.05 Å². The molecule has 23 heavy (non-hydrogen) atoms. The van der Waals surface area contributed by atoms with Crippen LogP contribution in [0.15, 0.2) is 33.7 Å². The van der Waals surface area contributed by atoms with Gasteiger partial charge in [-0.15, -0.1) is 0 Å². The molecule has 0 fully saturated rings. The van der Waals surface area contributed by atoms with Crippen molar-refractivity contribution in [1.29, 1.82) is 0 Å². The van der Waals surface area contributed by atoms with Gasteiger partial charge in [0, 0.05) is 12.6 Å². The Morgan fingerprint density at radius 2 is 2.04 bits per heavy atom. The van der Waals surface area contributed by atoms with Gasteiger partial charge in [0.25, 0.3) is 15.9 Å². The number of aromatic nitrogens is 2. The fraction of sp³-hybridized carbons (Fsp3) is 0.214. The molecule has 1 aliphatic heterocycles. The standard InChI is InChI=1S/C14H13N3O5S/c1-8(18)7-11-15-14(22-16-11)12-13(19)9-5-3-4-6-10(9)23(20,21)17(12)2/h3-6,19H,7H2,1-2H3. The summed E-state index contributed by atoms with van der Waals surface area (Å²) in [6.07, 6.45) is -0.0371. The molecule has 3 rings (SSSR count). The molecule has 2 heterocycles. The lowest BCUT2D eigenvalue weighted by Gasteiger charge is -2.27. The molecule has 0 atom stereocenters. The number of hydrogen-bond acceptors (Lipinski definition) is 7. The van der Waals surface area contributed by atoms with Crippen LogP contribution in [0.1, 0.15) is 24.2 Å². The monoisotopic (exact) mass is 335 g/mol. The van der Waals surface area contributed by atoms with Gasteiger partial charge in [0.1, 0.15) is 5.78 Å². The molecule has 2 aromatic rings. The van der Waals surface area contributed by atoms with Crippen molar-refractivity contribution < 1.29 is 22.8 Å². The Morgan fingerprint density at radius 1 is 1.35 bits per heavy atom. The maximum absolute atomic E-state index is 12.6. The second-order valence-corrected chi connectivity index (χ2v) is 7.00. The van der Waals surface area contributed by atoms with Crippen LogP contribution in [0.2, 0.25) is 0 Å². The van der Waals surface area contributed by atoms with E-state index in [1.165, 1.54) is 26.1 Å². The Hall–Kier alpha value is -2.68. The Bertz CT molecular complexity index is 929. The van der Waals surface area contributed by atoms with Crippen molar-refractivity contribution in [3.8, 4) is 0 Å². The zero-order valence-corrected chi connectivity index (χ0v) is 13.2. The summed E-state index contributed by atoms with van der Waals surface area (Å²) in [6, 6.07) is 6.08. The summed E-state index contributed by atoms with van der Waals surface area (Å²) in [5.74, 6) is -0.488. The summed E-state index contributed by atoms with van der Waals surface area (Å²) in [5, 5.41) is 14.1. The van der Waals surface area contributed by atoms with Crippen LogP contribution >= 0.6 is 0 Å². The molecule has 8 nitrogen and oxygen atoms in total. The van der Waals surface area contributed by atoms with Crippen molar-refractivity contribution in [3.05, 3.63) is 41.5 Å². The quantitative estimate of drug-likeness (QED) is 0.897. The van der Waals surface area contributed by atoms with Gasteiger partial charge in [-0.05, 0) is 19.1 Å². The van der Waals surface area contributed by atoms with E-state index in [0.29, 0.717) is 0 Å². The predicted octanol–water partition coefficient (Wildman–Crippen LogP) is 1.22. The highest BCUT2D eigenvalue weighted by Crippen LogP contribution is 2.38. The van der Waals surface area contributed by atoms with Crippen LogP contribution in [0, 0.1) is 0 Å². The molecule has 0 spiro atoms. The molecule has 9 heteroatoms. The second kappa shape index (κ2) is 5.20. The number of sulfonamides is 1. The van der Waals surface area contributed by atoms with Crippen LogP contribution in [0.3, 0.4) is 0 Å². The first-order valence-corrected chi connectivity index (χ1v) is 8.10. The third-order valence-corrected chi connectivity index (χ3v) is 5.21. The molecule has 1 aliphatic rings. The molecule has 1 N–H and O–H groups in total. The first-order valence-electron chi connectivity index (χ1n) is 6.66. The lowest BCUT2D eigenvalue weighted by atomic mass is 10.1. The normalized spacial score (nSPS) is 16.3. The maximum Gasteiger partial charge on any atom is 0.279 e. The van der Waals surface area contributed by atoms with E-state index in [1.54, 1.807) is 12.1 Å². The molecule has 120 valence electrons. The van der Waals surface area contributed by atoms with Crippen LogP contribution in [0.25, 0.3) is 11.5 Å². The molecule has 0 aliphatic carbocycles. The SMILES string of the molecule is CC(=O)Cc1noc(C2=C(O)c3ccccc3S(=O)(=O)N2C)n1. The largest absolute Gasteiger partial charge is 0.505 e. The third-order valence-electron chi connectivity index (χ3n) is 3.40. The maximum atomic E-state index is 12.6. The van der Waals surface area contributed by atoms with Crippen molar-refractivity contribution in [2.45, 2.75) is 18.2 Å². The van der Waals surface area contributed by atoms with Crippen LogP contribution in [0.4, 0.5) is 0 Å². The Morgan fingerprint density at radius 3 is 2.74 bits per heavy atom. The summed E-state index contributed by atoms with van der Waals surface area (Å²) in [5.41, 5.74) is 0.0397. The van der Waals surface area contributed by atoms with Gasteiger partial charge in [0.15, 0.2) is 17.3 Å². The number of fused-ring (bicyclic) bond motifs is 1. The number of aliphatic hydroxyl groups is 1. The fourth-order valence-corrected chi connectivity index (χ4v) is 3.71. The molecule has 0 saturated heterocycles. The van der Waals surface area contributed by atoms with Crippen molar-refractivity contribution >= 4 is 27.3 Å². The molecule has 0 amide bonds. The number of carbonyl (C=O) groups is 1. The molecular formula is C14H13N3O5S. The van der Waals surface area contributed by atoms with Crippen molar-refractivity contribution in [1.82, 2.24) is 14.4 Å². The summed E-state index contributed by atoms with van der Waals surface area (Å²) in [4.78, 5) is 15.1. The van der Waals surface area contributed by atoms with Crippen molar-refractivity contribution in [2.24, 2.45) is 0 Å². The number of carbonyl (C=O) groups excluding carboxylic acids is 1. The lowest BCUT2D eigenvalue weighted by Crippen LogP contribution is -2.30. The van der Waals surface area contributed by atoms with E-state index in [1.807, 2.05) is 0 Å². The van der Waals surface area contributed by atoms with Gasteiger partial charge >= 0.3 is 0 Å². The molecule has 1 aromatic heterocycles.